The van der Waals surface area contributed by atoms with E-state index in [0.717, 1.165) is 74.4 Å². The second kappa shape index (κ2) is 17.2. The van der Waals surface area contributed by atoms with Crippen molar-refractivity contribution < 1.29 is 9.47 Å². The minimum absolute atomic E-state index is 0.0140. The first-order valence-corrected chi connectivity index (χ1v) is 22.7. The molecule has 0 N–H and O–H groups in total. The summed E-state index contributed by atoms with van der Waals surface area (Å²) in [4.78, 5) is 4.58. The highest BCUT2D eigenvalue weighted by molar-refractivity contribution is 6.00. The summed E-state index contributed by atoms with van der Waals surface area (Å²) in [5, 5.41) is 10.1. The molecule has 2 unspecified atom stereocenters. The third-order valence-electron chi connectivity index (χ3n) is 13.6. The fraction of sp³-hybridized carbons (Fsp3) is 0.113. The van der Waals surface area contributed by atoms with E-state index in [4.69, 9.17) is 9.47 Å². The summed E-state index contributed by atoms with van der Waals surface area (Å²) in [6.07, 6.45) is 19.6. The molecule has 4 aliphatic rings. The topological polar surface area (TPSA) is 48.7 Å². The van der Waals surface area contributed by atoms with E-state index >= 15 is 0 Å². The highest BCUT2D eigenvalue weighted by Gasteiger charge is 2.41. The van der Waals surface area contributed by atoms with Gasteiger partial charge in [-0.05, 0) is 112 Å². The normalized spacial score (nSPS) is 16.3. The molecule has 0 radical (unpaired) electrons. The molecule has 0 saturated heterocycles. The Balaban J connectivity index is 1.04. The summed E-state index contributed by atoms with van der Waals surface area (Å²) >= 11 is 0. The summed E-state index contributed by atoms with van der Waals surface area (Å²) in [6, 6.07) is 44.3. The number of allylic oxidation sites excluding steroid dienone is 6. The van der Waals surface area contributed by atoms with Gasteiger partial charge in [0.05, 0.1) is 23.7 Å². The second-order valence-corrected chi connectivity index (χ2v) is 17.8. The van der Waals surface area contributed by atoms with Crippen molar-refractivity contribution in [3.05, 3.63) is 248 Å². The van der Waals surface area contributed by atoms with Crippen molar-refractivity contribution in [2.45, 2.75) is 44.2 Å². The van der Waals surface area contributed by atoms with Gasteiger partial charge in [0.15, 0.2) is 0 Å². The zero-order valence-corrected chi connectivity index (χ0v) is 38.0. The molecule has 0 bridgehead atoms. The predicted octanol–water partition coefficient (Wildman–Crippen LogP) is 15.8. The number of benzene rings is 6. The molecule has 2 aliphatic heterocycles. The van der Waals surface area contributed by atoms with Gasteiger partial charge in [-0.15, -0.1) is 13.2 Å². The minimum atomic E-state index is -0.135. The van der Waals surface area contributed by atoms with Crippen LogP contribution in [0.5, 0.6) is 17.2 Å². The van der Waals surface area contributed by atoms with Gasteiger partial charge in [-0.25, -0.2) is 0 Å². The lowest BCUT2D eigenvalue weighted by Gasteiger charge is -2.38. The summed E-state index contributed by atoms with van der Waals surface area (Å²) in [6.45, 7) is 25.7. The smallest absolute Gasteiger partial charge is 0.137 e. The van der Waals surface area contributed by atoms with Gasteiger partial charge >= 0.3 is 0 Å². The van der Waals surface area contributed by atoms with Crippen LogP contribution in [-0.4, -0.2) is 12.1 Å². The SMILES string of the molecule is C=C/C=C\C=C\N(c1ccc2c(c1)Oc1ccc3c(c1C2=C)C(=C)Oc1cc(N(c2ccc(C#N)cc2-c2ccccc2)C2C=CC4=C(C2)C(C)(C)c2ccccc24)ccc1-3)C(C=C)CC=C. The number of anilines is 3. The molecule has 2 heterocycles. The Morgan fingerprint density at radius 3 is 2.27 bits per heavy atom. The average molecular weight is 870 g/mol. The van der Waals surface area contributed by atoms with Crippen LogP contribution in [0.4, 0.5) is 17.1 Å². The van der Waals surface area contributed by atoms with E-state index in [2.05, 4.69) is 160 Å². The van der Waals surface area contributed by atoms with Crippen LogP contribution >= 0.6 is 0 Å². The highest BCUT2D eigenvalue weighted by Crippen LogP contribution is 2.55. The molecule has 6 aromatic rings. The van der Waals surface area contributed by atoms with Crippen molar-refractivity contribution in [3.63, 3.8) is 0 Å². The van der Waals surface area contributed by atoms with Gasteiger partial charge in [0.25, 0.3) is 0 Å². The Morgan fingerprint density at radius 1 is 0.731 bits per heavy atom. The standard InChI is InChI=1S/C62H51N3O2/c1-8-11-12-18-34-64(44(10-3)19-9-2)45-25-28-48-40(4)60-57(67-58(48)37-45)33-31-52-51-30-27-47(38-59(51)66-41(5)61(52)60)65(56-32-24-42(39-63)35-53(56)43-20-14-13-15-21-43)46-26-29-50-49-22-16-17-23-54(49)62(6,7)55(50)36-46/h8-18,20-35,37-38,44,46H,1-5,19,36H2,6-7H3/b12-11-,34-18+. The van der Waals surface area contributed by atoms with Crippen LogP contribution in [0.3, 0.4) is 0 Å². The van der Waals surface area contributed by atoms with E-state index in [0.29, 0.717) is 28.6 Å². The number of nitriles is 1. The third-order valence-corrected chi connectivity index (χ3v) is 13.6. The average Bonchev–Trinajstić information content (AvgIpc) is 3.58. The fourth-order valence-corrected chi connectivity index (χ4v) is 10.4. The molecule has 0 spiro atoms. The zero-order chi connectivity index (χ0) is 46.4. The number of fused-ring (bicyclic) bond motifs is 8. The molecule has 326 valence electrons. The van der Waals surface area contributed by atoms with Crippen LogP contribution in [0, 0.1) is 11.3 Å². The summed E-state index contributed by atoms with van der Waals surface area (Å²) in [7, 11) is 0. The third kappa shape index (κ3) is 7.28. The van der Waals surface area contributed by atoms with Gasteiger partial charge in [-0.3, -0.25) is 0 Å². The largest absolute Gasteiger partial charge is 0.457 e. The maximum Gasteiger partial charge on any atom is 0.137 e. The van der Waals surface area contributed by atoms with Gasteiger partial charge in [0.1, 0.15) is 23.0 Å². The minimum Gasteiger partial charge on any atom is -0.457 e. The van der Waals surface area contributed by atoms with Crippen LogP contribution in [-0.2, 0) is 5.41 Å². The number of rotatable bonds is 12. The molecule has 6 aromatic carbocycles. The van der Waals surface area contributed by atoms with Crippen molar-refractivity contribution in [3.8, 4) is 45.6 Å². The van der Waals surface area contributed by atoms with Crippen LogP contribution in [0.15, 0.2) is 215 Å². The van der Waals surface area contributed by atoms with Crippen LogP contribution in [0.25, 0.3) is 39.2 Å². The van der Waals surface area contributed by atoms with Crippen LogP contribution in [0.2, 0.25) is 0 Å². The Labute approximate surface area is 394 Å². The number of hydrogen-bond donors (Lipinski definition) is 0. The molecule has 5 nitrogen and oxygen atoms in total. The lowest BCUT2D eigenvalue weighted by molar-refractivity contribution is 0.471. The maximum absolute atomic E-state index is 10.1. The molecule has 5 heteroatoms. The highest BCUT2D eigenvalue weighted by atomic mass is 16.5. The molecular formula is C62H51N3O2. The number of nitrogens with zero attached hydrogens (tertiary/aromatic N) is 3. The van der Waals surface area contributed by atoms with Crippen LogP contribution in [0.1, 0.15) is 60.1 Å². The Morgan fingerprint density at radius 2 is 1.48 bits per heavy atom. The molecule has 2 atom stereocenters. The van der Waals surface area contributed by atoms with Crippen molar-refractivity contribution in [1.82, 2.24) is 0 Å². The van der Waals surface area contributed by atoms with E-state index < -0.39 is 0 Å². The first-order chi connectivity index (χ1) is 32.6. The number of ether oxygens (including phenoxy) is 2. The van der Waals surface area contributed by atoms with E-state index in [-0.39, 0.29) is 17.5 Å². The molecule has 67 heavy (non-hydrogen) atoms. The van der Waals surface area contributed by atoms with Crippen molar-refractivity contribution >= 4 is 34.0 Å². The van der Waals surface area contributed by atoms with Crippen LogP contribution < -0.4 is 19.3 Å². The van der Waals surface area contributed by atoms with E-state index in [1.165, 1.54) is 22.3 Å². The van der Waals surface area contributed by atoms with E-state index in [1.54, 1.807) is 6.08 Å². The summed E-state index contributed by atoms with van der Waals surface area (Å²) in [5.74, 6) is 2.64. The first-order valence-electron chi connectivity index (χ1n) is 22.7. The Hall–Kier alpha value is -8.33. The summed E-state index contributed by atoms with van der Waals surface area (Å²) in [5.41, 5.74) is 16.2. The lowest BCUT2D eigenvalue weighted by atomic mass is 9.77. The zero-order valence-electron chi connectivity index (χ0n) is 38.0. The maximum atomic E-state index is 10.1. The Bertz CT molecular complexity index is 3240. The van der Waals surface area contributed by atoms with Gasteiger partial charge < -0.3 is 19.3 Å². The van der Waals surface area contributed by atoms with E-state index in [9.17, 15) is 5.26 Å². The molecule has 0 amide bonds. The Kier molecular flexibility index (Phi) is 11.0. The van der Waals surface area contributed by atoms with Gasteiger partial charge in [0.2, 0.25) is 0 Å². The van der Waals surface area contributed by atoms with Gasteiger partial charge in [0, 0.05) is 68.6 Å². The van der Waals surface area contributed by atoms with Gasteiger partial charge in [-0.1, -0.05) is 131 Å². The van der Waals surface area contributed by atoms with Crippen molar-refractivity contribution in [2.24, 2.45) is 0 Å². The second-order valence-electron chi connectivity index (χ2n) is 17.8. The van der Waals surface area contributed by atoms with E-state index in [1.807, 2.05) is 73.0 Å². The monoisotopic (exact) mass is 869 g/mol. The molecule has 0 fully saturated rings. The predicted molar refractivity (Wildman–Crippen MR) is 279 cm³/mol. The molecule has 0 aromatic heterocycles. The first kappa shape index (κ1) is 42.6. The molecule has 0 saturated carbocycles. The molecular weight excluding hydrogens is 819 g/mol. The number of hydrogen-bond acceptors (Lipinski definition) is 5. The lowest BCUT2D eigenvalue weighted by Crippen LogP contribution is -2.34. The molecule has 2 aliphatic carbocycles. The van der Waals surface area contributed by atoms with Gasteiger partial charge in [-0.2, -0.15) is 5.26 Å². The van der Waals surface area contributed by atoms with Crippen molar-refractivity contribution in [1.29, 1.82) is 5.26 Å². The molecule has 10 rings (SSSR count). The van der Waals surface area contributed by atoms with Crippen molar-refractivity contribution in [2.75, 3.05) is 9.80 Å². The fourth-order valence-electron chi connectivity index (χ4n) is 10.4. The quantitative estimate of drug-likeness (QED) is 0.0904. The summed E-state index contributed by atoms with van der Waals surface area (Å²) < 4.78 is 13.5.